The number of benzene rings is 2. The SMILES string of the molecule is COc1c2ccccc2nc2c(C)c(Cl)ccc12. The van der Waals surface area contributed by atoms with Gasteiger partial charge in [-0.25, -0.2) is 4.98 Å². The van der Waals surface area contributed by atoms with Crippen LogP contribution in [0.1, 0.15) is 5.56 Å². The largest absolute Gasteiger partial charge is 0.495 e. The molecule has 1 heterocycles. The third-order valence-corrected chi connectivity index (χ3v) is 3.60. The number of methoxy groups -OCH3 is 1. The Bertz CT molecular complexity index is 752. The molecule has 0 saturated carbocycles. The topological polar surface area (TPSA) is 22.1 Å². The zero-order chi connectivity index (χ0) is 12.7. The molecule has 0 aliphatic carbocycles. The summed E-state index contributed by atoms with van der Waals surface area (Å²) in [5, 5.41) is 2.75. The molecule has 0 fully saturated rings. The molecule has 3 aromatic rings. The molecule has 0 saturated heterocycles. The van der Waals surface area contributed by atoms with Crippen LogP contribution in [0, 0.1) is 6.92 Å². The fraction of sp³-hybridized carbons (Fsp3) is 0.133. The van der Waals surface area contributed by atoms with Gasteiger partial charge in [0.25, 0.3) is 0 Å². The van der Waals surface area contributed by atoms with Crippen molar-refractivity contribution in [3.05, 3.63) is 47.0 Å². The lowest BCUT2D eigenvalue weighted by atomic mass is 10.1. The van der Waals surface area contributed by atoms with Crippen LogP contribution in [-0.4, -0.2) is 12.1 Å². The zero-order valence-corrected chi connectivity index (χ0v) is 11.0. The van der Waals surface area contributed by atoms with E-state index in [9.17, 15) is 0 Å². The first-order valence-electron chi connectivity index (χ1n) is 5.74. The van der Waals surface area contributed by atoms with Gasteiger partial charge < -0.3 is 4.74 Å². The van der Waals surface area contributed by atoms with Crippen LogP contribution in [0.2, 0.25) is 5.02 Å². The lowest BCUT2D eigenvalue weighted by Crippen LogP contribution is -1.92. The molecule has 0 spiro atoms. The number of aromatic nitrogens is 1. The molecular weight excluding hydrogens is 246 g/mol. The minimum Gasteiger partial charge on any atom is -0.495 e. The number of fused-ring (bicyclic) bond motifs is 2. The van der Waals surface area contributed by atoms with Crippen molar-refractivity contribution >= 4 is 33.4 Å². The Hall–Kier alpha value is -1.80. The fourth-order valence-corrected chi connectivity index (χ4v) is 2.40. The molecule has 0 N–H and O–H groups in total. The standard InChI is InChI=1S/C15H12ClNO/c1-9-12(16)8-7-11-14(9)17-13-6-4-3-5-10(13)15(11)18-2/h3-8H,1-2H3. The van der Waals surface area contributed by atoms with Gasteiger partial charge in [-0.3, -0.25) is 0 Å². The number of ether oxygens (including phenoxy) is 1. The first-order valence-corrected chi connectivity index (χ1v) is 6.11. The minimum atomic E-state index is 0.729. The molecule has 0 aliphatic heterocycles. The molecule has 18 heavy (non-hydrogen) atoms. The molecule has 3 heteroatoms. The van der Waals surface area contributed by atoms with Gasteiger partial charge in [0.15, 0.2) is 0 Å². The average Bonchev–Trinajstić information content (AvgIpc) is 2.41. The van der Waals surface area contributed by atoms with Crippen molar-refractivity contribution in [2.24, 2.45) is 0 Å². The normalized spacial score (nSPS) is 11.1. The molecule has 2 aromatic carbocycles. The zero-order valence-electron chi connectivity index (χ0n) is 10.2. The summed E-state index contributed by atoms with van der Waals surface area (Å²) in [7, 11) is 1.69. The van der Waals surface area contributed by atoms with E-state index in [2.05, 4.69) is 4.98 Å². The monoisotopic (exact) mass is 257 g/mol. The molecule has 0 unspecified atom stereocenters. The Kier molecular flexibility index (Phi) is 2.60. The minimum absolute atomic E-state index is 0.729. The number of pyridine rings is 1. The van der Waals surface area contributed by atoms with E-state index in [1.807, 2.05) is 43.3 Å². The number of rotatable bonds is 1. The second kappa shape index (κ2) is 4.14. The van der Waals surface area contributed by atoms with Crippen molar-refractivity contribution in [1.82, 2.24) is 4.98 Å². The van der Waals surface area contributed by atoms with E-state index >= 15 is 0 Å². The van der Waals surface area contributed by atoms with Crippen molar-refractivity contribution < 1.29 is 4.74 Å². The van der Waals surface area contributed by atoms with Gasteiger partial charge in [0, 0.05) is 15.8 Å². The van der Waals surface area contributed by atoms with Crippen molar-refractivity contribution in [2.45, 2.75) is 6.92 Å². The summed E-state index contributed by atoms with van der Waals surface area (Å²) in [6.45, 7) is 1.98. The van der Waals surface area contributed by atoms with Crippen LogP contribution in [-0.2, 0) is 0 Å². The van der Waals surface area contributed by atoms with Crippen LogP contribution in [0.5, 0.6) is 5.75 Å². The number of nitrogens with zero attached hydrogens (tertiary/aromatic N) is 1. The van der Waals surface area contributed by atoms with Crippen LogP contribution >= 0.6 is 11.6 Å². The summed E-state index contributed by atoms with van der Waals surface area (Å²) >= 11 is 6.15. The molecule has 0 amide bonds. The van der Waals surface area contributed by atoms with E-state index < -0.39 is 0 Å². The quantitative estimate of drug-likeness (QED) is 0.605. The number of aryl methyl sites for hydroxylation is 1. The van der Waals surface area contributed by atoms with Crippen molar-refractivity contribution in [3.8, 4) is 5.75 Å². The number of para-hydroxylation sites is 1. The van der Waals surface area contributed by atoms with Crippen LogP contribution in [0.4, 0.5) is 0 Å². The Morgan fingerprint density at radius 2 is 1.83 bits per heavy atom. The van der Waals surface area contributed by atoms with E-state index in [0.717, 1.165) is 38.1 Å². The van der Waals surface area contributed by atoms with Crippen LogP contribution < -0.4 is 4.74 Å². The Balaban J connectivity index is 2.58. The second-order valence-corrected chi connectivity index (χ2v) is 4.64. The summed E-state index contributed by atoms with van der Waals surface area (Å²) in [6, 6.07) is 11.8. The highest BCUT2D eigenvalue weighted by Crippen LogP contribution is 2.35. The van der Waals surface area contributed by atoms with E-state index in [1.54, 1.807) is 7.11 Å². The molecule has 90 valence electrons. The van der Waals surface area contributed by atoms with Gasteiger partial charge in [0.2, 0.25) is 0 Å². The van der Waals surface area contributed by atoms with E-state index in [1.165, 1.54) is 0 Å². The molecule has 1 aromatic heterocycles. The molecule has 0 aliphatic rings. The maximum absolute atomic E-state index is 6.15. The average molecular weight is 258 g/mol. The summed E-state index contributed by atoms with van der Waals surface area (Å²) in [6.07, 6.45) is 0. The molecule has 3 rings (SSSR count). The third kappa shape index (κ3) is 1.53. The van der Waals surface area contributed by atoms with Gasteiger partial charge in [-0.15, -0.1) is 0 Å². The van der Waals surface area contributed by atoms with Gasteiger partial charge in [-0.1, -0.05) is 23.7 Å². The van der Waals surface area contributed by atoms with Crippen molar-refractivity contribution in [3.63, 3.8) is 0 Å². The lowest BCUT2D eigenvalue weighted by molar-refractivity contribution is 0.424. The third-order valence-electron chi connectivity index (χ3n) is 3.19. The van der Waals surface area contributed by atoms with Gasteiger partial charge in [-0.05, 0) is 36.8 Å². The van der Waals surface area contributed by atoms with Gasteiger partial charge in [-0.2, -0.15) is 0 Å². The summed E-state index contributed by atoms with van der Waals surface area (Å²) in [5.74, 6) is 0.857. The van der Waals surface area contributed by atoms with Gasteiger partial charge in [0.05, 0.1) is 18.1 Å². The molecule has 0 atom stereocenters. The van der Waals surface area contributed by atoms with Gasteiger partial charge >= 0.3 is 0 Å². The maximum atomic E-state index is 6.15. The fourth-order valence-electron chi connectivity index (χ4n) is 2.25. The molecule has 2 nitrogen and oxygen atoms in total. The predicted molar refractivity (Wildman–Crippen MR) is 75.5 cm³/mol. The van der Waals surface area contributed by atoms with Crippen molar-refractivity contribution in [2.75, 3.05) is 7.11 Å². The smallest absolute Gasteiger partial charge is 0.137 e. The molecular formula is C15H12ClNO. The molecule has 0 bridgehead atoms. The summed E-state index contributed by atoms with van der Waals surface area (Å²) in [4.78, 5) is 4.68. The van der Waals surface area contributed by atoms with Crippen LogP contribution in [0.15, 0.2) is 36.4 Å². The highest BCUT2D eigenvalue weighted by molar-refractivity contribution is 6.32. The summed E-state index contributed by atoms with van der Waals surface area (Å²) < 4.78 is 5.55. The van der Waals surface area contributed by atoms with Crippen molar-refractivity contribution in [1.29, 1.82) is 0 Å². The highest BCUT2D eigenvalue weighted by Gasteiger charge is 2.12. The second-order valence-electron chi connectivity index (χ2n) is 4.23. The Morgan fingerprint density at radius 3 is 2.61 bits per heavy atom. The van der Waals surface area contributed by atoms with E-state index in [-0.39, 0.29) is 0 Å². The Labute approximate surface area is 110 Å². The number of hydrogen-bond donors (Lipinski definition) is 0. The molecule has 0 radical (unpaired) electrons. The predicted octanol–water partition coefficient (Wildman–Crippen LogP) is 4.36. The van der Waals surface area contributed by atoms with Crippen LogP contribution in [0.25, 0.3) is 21.8 Å². The highest BCUT2D eigenvalue weighted by atomic mass is 35.5. The maximum Gasteiger partial charge on any atom is 0.137 e. The lowest BCUT2D eigenvalue weighted by Gasteiger charge is -2.11. The van der Waals surface area contributed by atoms with E-state index in [4.69, 9.17) is 16.3 Å². The van der Waals surface area contributed by atoms with E-state index in [0.29, 0.717) is 0 Å². The Morgan fingerprint density at radius 1 is 1.06 bits per heavy atom. The number of halogens is 1. The van der Waals surface area contributed by atoms with Gasteiger partial charge in [0.1, 0.15) is 5.75 Å². The summed E-state index contributed by atoms with van der Waals surface area (Å²) in [5.41, 5.74) is 2.81. The number of hydrogen-bond acceptors (Lipinski definition) is 2. The first-order chi connectivity index (χ1) is 8.72. The first kappa shape index (κ1) is 11.3. The van der Waals surface area contributed by atoms with Crippen LogP contribution in [0.3, 0.4) is 0 Å².